The largest absolute Gasteiger partial charge is 0.497 e. The molecule has 0 aliphatic rings. The van der Waals surface area contributed by atoms with E-state index in [4.69, 9.17) is 9.47 Å². The van der Waals surface area contributed by atoms with Gasteiger partial charge in [0.25, 0.3) is 0 Å². The van der Waals surface area contributed by atoms with Gasteiger partial charge in [-0.2, -0.15) is 0 Å². The number of anilines is 1. The second-order valence-corrected chi connectivity index (χ2v) is 5.46. The van der Waals surface area contributed by atoms with Crippen molar-refractivity contribution in [3.05, 3.63) is 72.3 Å². The fourth-order valence-corrected chi connectivity index (χ4v) is 2.65. The Kier molecular flexibility index (Phi) is 5.00. The van der Waals surface area contributed by atoms with Crippen molar-refractivity contribution < 1.29 is 14.3 Å². The molecule has 25 heavy (non-hydrogen) atoms. The maximum absolute atomic E-state index is 12.3. The lowest BCUT2D eigenvalue weighted by molar-refractivity contribution is -0.111. The highest BCUT2D eigenvalue weighted by Gasteiger charge is 2.07. The number of hydrogen-bond acceptors (Lipinski definition) is 3. The quantitative estimate of drug-likeness (QED) is 0.699. The summed E-state index contributed by atoms with van der Waals surface area (Å²) in [5.74, 6) is 0.987. The third-order valence-electron chi connectivity index (χ3n) is 3.90. The fraction of sp³-hybridized carbons (Fsp3) is 0.0952. The molecule has 0 spiro atoms. The number of rotatable bonds is 5. The fourth-order valence-electron chi connectivity index (χ4n) is 2.65. The Hall–Kier alpha value is -3.27. The molecule has 0 atom stereocenters. The first-order valence-electron chi connectivity index (χ1n) is 7.90. The van der Waals surface area contributed by atoms with Crippen LogP contribution in [0.1, 0.15) is 5.56 Å². The van der Waals surface area contributed by atoms with Gasteiger partial charge in [0.2, 0.25) is 5.91 Å². The number of fused-ring (bicyclic) bond motifs is 1. The number of benzene rings is 3. The van der Waals surface area contributed by atoms with Crippen LogP contribution in [-0.2, 0) is 4.79 Å². The standard InChI is InChI=1S/C21H19NO3/c1-24-17-11-12-20(25-2)19(14-17)22-21(23)13-10-16-8-5-7-15-6-3-4-9-18(15)16/h3-14H,1-2H3,(H,22,23)/b13-10-. The molecular formula is C21H19NO3. The van der Waals surface area contributed by atoms with Crippen molar-refractivity contribution in [2.75, 3.05) is 19.5 Å². The summed E-state index contributed by atoms with van der Waals surface area (Å²) >= 11 is 0. The van der Waals surface area contributed by atoms with E-state index in [0.717, 1.165) is 16.3 Å². The summed E-state index contributed by atoms with van der Waals surface area (Å²) in [5.41, 5.74) is 1.56. The first-order valence-corrected chi connectivity index (χ1v) is 7.90. The van der Waals surface area contributed by atoms with Crippen molar-refractivity contribution in [3.8, 4) is 11.5 Å². The van der Waals surface area contributed by atoms with Gasteiger partial charge in [-0.25, -0.2) is 0 Å². The van der Waals surface area contributed by atoms with Gasteiger partial charge in [-0.3, -0.25) is 4.79 Å². The summed E-state index contributed by atoms with van der Waals surface area (Å²) in [5, 5.41) is 5.07. The monoisotopic (exact) mass is 333 g/mol. The first kappa shape index (κ1) is 16.6. The van der Waals surface area contributed by atoms with E-state index in [0.29, 0.717) is 17.2 Å². The van der Waals surface area contributed by atoms with Gasteiger partial charge in [0.05, 0.1) is 19.9 Å². The Morgan fingerprint density at radius 1 is 0.960 bits per heavy atom. The third-order valence-corrected chi connectivity index (χ3v) is 3.90. The van der Waals surface area contributed by atoms with Gasteiger partial charge in [-0.15, -0.1) is 0 Å². The molecule has 0 saturated carbocycles. The van der Waals surface area contributed by atoms with Crippen molar-refractivity contribution in [1.29, 1.82) is 0 Å². The highest BCUT2D eigenvalue weighted by Crippen LogP contribution is 2.29. The zero-order valence-corrected chi connectivity index (χ0v) is 14.2. The van der Waals surface area contributed by atoms with Crippen LogP contribution in [0.2, 0.25) is 0 Å². The first-order chi connectivity index (χ1) is 12.2. The number of carbonyl (C=O) groups excluding carboxylic acids is 1. The second-order valence-electron chi connectivity index (χ2n) is 5.46. The van der Waals surface area contributed by atoms with Crippen LogP contribution in [0.3, 0.4) is 0 Å². The topological polar surface area (TPSA) is 47.6 Å². The molecular weight excluding hydrogens is 314 g/mol. The Balaban J connectivity index is 1.81. The molecule has 126 valence electrons. The van der Waals surface area contributed by atoms with Crippen LogP contribution < -0.4 is 14.8 Å². The molecule has 0 radical (unpaired) electrons. The lowest BCUT2D eigenvalue weighted by Crippen LogP contribution is -2.09. The van der Waals surface area contributed by atoms with Gasteiger partial charge in [0.1, 0.15) is 11.5 Å². The van der Waals surface area contributed by atoms with E-state index in [9.17, 15) is 4.79 Å². The maximum Gasteiger partial charge on any atom is 0.248 e. The Morgan fingerprint density at radius 3 is 2.56 bits per heavy atom. The van der Waals surface area contributed by atoms with Gasteiger partial charge < -0.3 is 14.8 Å². The molecule has 0 aliphatic heterocycles. The molecule has 3 aromatic carbocycles. The number of ether oxygens (including phenoxy) is 2. The summed E-state index contributed by atoms with van der Waals surface area (Å²) < 4.78 is 10.5. The predicted molar refractivity (Wildman–Crippen MR) is 101 cm³/mol. The molecule has 4 heteroatoms. The minimum atomic E-state index is -0.237. The highest BCUT2D eigenvalue weighted by atomic mass is 16.5. The number of amides is 1. The summed E-state index contributed by atoms with van der Waals surface area (Å²) in [6, 6.07) is 19.3. The van der Waals surface area contributed by atoms with Gasteiger partial charge in [0, 0.05) is 12.1 Å². The molecule has 0 unspecified atom stereocenters. The summed E-state index contributed by atoms with van der Waals surface area (Å²) in [6.45, 7) is 0. The van der Waals surface area contributed by atoms with E-state index in [1.165, 1.54) is 6.08 Å². The number of nitrogens with one attached hydrogen (secondary N) is 1. The Labute approximate surface area is 146 Å². The molecule has 0 fully saturated rings. The SMILES string of the molecule is COc1ccc(OC)c(NC(=O)/C=C\c2cccc3ccccc23)c1. The van der Waals surface area contributed by atoms with Crippen molar-refractivity contribution >= 4 is 28.4 Å². The Morgan fingerprint density at radius 2 is 1.76 bits per heavy atom. The van der Waals surface area contributed by atoms with Crippen molar-refractivity contribution in [1.82, 2.24) is 0 Å². The molecule has 1 N–H and O–H groups in total. The van der Waals surface area contributed by atoms with Crippen LogP contribution in [0.4, 0.5) is 5.69 Å². The third kappa shape index (κ3) is 3.80. The van der Waals surface area contributed by atoms with Gasteiger partial charge >= 0.3 is 0 Å². The van der Waals surface area contributed by atoms with Gasteiger partial charge in [0.15, 0.2) is 0 Å². The van der Waals surface area contributed by atoms with Crippen LogP contribution in [0.5, 0.6) is 11.5 Å². The summed E-state index contributed by atoms with van der Waals surface area (Å²) in [7, 11) is 3.14. The Bertz CT molecular complexity index is 926. The minimum Gasteiger partial charge on any atom is -0.497 e. The van der Waals surface area contributed by atoms with Crippen LogP contribution in [-0.4, -0.2) is 20.1 Å². The van der Waals surface area contributed by atoms with Crippen LogP contribution in [0.25, 0.3) is 16.8 Å². The van der Waals surface area contributed by atoms with Crippen molar-refractivity contribution in [3.63, 3.8) is 0 Å². The van der Waals surface area contributed by atoms with Crippen LogP contribution >= 0.6 is 0 Å². The lowest BCUT2D eigenvalue weighted by Gasteiger charge is -2.10. The number of hydrogen-bond donors (Lipinski definition) is 1. The molecule has 4 nitrogen and oxygen atoms in total. The van der Waals surface area contributed by atoms with E-state index in [-0.39, 0.29) is 5.91 Å². The van der Waals surface area contributed by atoms with Crippen molar-refractivity contribution in [2.24, 2.45) is 0 Å². The molecule has 3 aromatic rings. The summed E-state index contributed by atoms with van der Waals surface area (Å²) in [4.78, 5) is 12.3. The molecule has 0 heterocycles. The number of methoxy groups -OCH3 is 2. The lowest BCUT2D eigenvalue weighted by atomic mass is 10.0. The summed E-state index contributed by atoms with van der Waals surface area (Å²) in [6.07, 6.45) is 3.32. The molecule has 0 saturated heterocycles. The average molecular weight is 333 g/mol. The van der Waals surface area contributed by atoms with Crippen LogP contribution in [0.15, 0.2) is 66.7 Å². The van der Waals surface area contributed by atoms with Gasteiger partial charge in [-0.1, -0.05) is 42.5 Å². The van der Waals surface area contributed by atoms with Crippen molar-refractivity contribution in [2.45, 2.75) is 0 Å². The zero-order chi connectivity index (χ0) is 17.6. The molecule has 0 aromatic heterocycles. The second kappa shape index (κ2) is 7.53. The molecule has 0 aliphatic carbocycles. The van der Waals surface area contributed by atoms with E-state index in [1.54, 1.807) is 32.4 Å². The normalized spacial score (nSPS) is 10.8. The van der Waals surface area contributed by atoms with E-state index in [1.807, 2.05) is 48.5 Å². The zero-order valence-electron chi connectivity index (χ0n) is 14.2. The van der Waals surface area contributed by atoms with E-state index >= 15 is 0 Å². The smallest absolute Gasteiger partial charge is 0.248 e. The maximum atomic E-state index is 12.3. The number of carbonyl (C=O) groups is 1. The average Bonchev–Trinajstić information content (AvgIpc) is 2.66. The van der Waals surface area contributed by atoms with E-state index < -0.39 is 0 Å². The highest BCUT2D eigenvalue weighted by molar-refractivity contribution is 6.04. The molecule has 1 amide bonds. The minimum absolute atomic E-state index is 0.237. The molecule has 0 bridgehead atoms. The molecule has 3 rings (SSSR count). The van der Waals surface area contributed by atoms with Gasteiger partial charge in [-0.05, 0) is 34.5 Å². The van der Waals surface area contributed by atoms with E-state index in [2.05, 4.69) is 5.32 Å². The van der Waals surface area contributed by atoms with Crippen LogP contribution in [0, 0.1) is 0 Å². The predicted octanol–water partition coefficient (Wildman–Crippen LogP) is 4.51.